The van der Waals surface area contributed by atoms with E-state index in [1.165, 1.54) is 12.1 Å². The minimum Gasteiger partial charge on any atom is -0.252 e. The predicted molar refractivity (Wildman–Crippen MR) is 79.8 cm³/mol. The second-order valence-corrected chi connectivity index (χ2v) is 4.79. The molecule has 2 aromatic carbocycles. The minimum absolute atomic E-state index is 0.291. The van der Waals surface area contributed by atoms with Gasteiger partial charge in [0.2, 0.25) is 0 Å². The Bertz CT molecular complexity index is 797. The highest BCUT2D eigenvalue weighted by molar-refractivity contribution is 5.70. The molecule has 0 amide bonds. The average Bonchev–Trinajstić information content (AvgIpc) is 2.49. The van der Waals surface area contributed by atoms with Crippen molar-refractivity contribution in [1.29, 1.82) is 0 Å². The molecule has 0 aliphatic rings. The first kappa shape index (κ1) is 13.4. The lowest BCUT2D eigenvalue weighted by molar-refractivity contribution is 0.630. The SMILES string of the molecule is Cc1nc(-c2ccccc2F)ccc1-c1ccccc1F. The van der Waals surface area contributed by atoms with Crippen molar-refractivity contribution in [1.82, 2.24) is 4.98 Å². The number of nitrogens with zero attached hydrogens (tertiary/aromatic N) is 1. The van der Waals surface area contributed by atoms with Crippen LogP contribution in [-0.2, 0) is 0 Å². The van der Waals surface area contributed by atoms with E-state index in [1.54, 1.807) is 55.5 Å². The Morgan fingerprint density at radius 3 is 1.81 bits per heavy atom. The van der Waals surface area contributed by atoms with Crippen LogP contribution >= 0.6 is 0 Å². The van der Waals surface area contributed by atoms with E-state index in [9.17, 15) is 8.78 Å². The van der Waals surface area contributed by atoms with Gasteiger partial charge in [-0.2, -0.15) is 0 Å². The summed E-state index contributed by atoms with van der Waals surface area (Å²) in [4.78, 5) is 4.42. The van der Waals surface area contributed by atoms with Crippen LogP contribution in [0.4, 0.5) is 8.78 Å². The molecule has 0 spiro atoms. The highest BCUT2D eigenvalue weighted by atomic mass is 19.1. The molecule has 3 heteroatoms. The lowest BCUT2D eigenvalue weighted by Gasteiger charge is -2.09. The van der Waals surface area contributed by atoms with Crippen LogP contribution in [0.25, 0.3) is 22.4 Å². The van der Waals surface area contributed by atoms with E-state index >= 15 is 0 Å². The molecule has 0 saturated carbocycles. The Morgan fingerprint density at radius 2 is 1.24 bits per heavy atom. The van der Waals surface area contributed by atoms with Crippen LogP contribution in [0.1, 0.15) is 5.69 Å². The van der Waals surface area contributed by atoms with Crippen LogP contribution in [0.3, 0.4) is 0 Å². The van der Waals surface area contributed by atoms with Gasteiger partial charge in [0.1, 0.15) is 11.6 Å². The van der Waals surface area contributed by atoms with Gasteiger partial charge in [0.15, 0.2) is 0 Å². The molecule has 0 fully saturated rings. The number of hydrogen-bond acceptors (Lipinski definition) is 1. The summed E-state index contributed by atoms with van der Waals surface area (Å²) < 4.78 is 27.6. The van der Waals surface area contributed by atoms with Crippen LogP contribution < -0.4 is 0 Å². The van der Waals surface area contributed by atoms with E-state index in [-0.39, 0.29) is 11.6 Å². The third-order valence-electron chi connectivity index (χ3n) is 3.40. The van der Waals surface area contributed by atoms with Gasteiger partial charge in [-0.25, -0.2) is 8.78 Å². The van der Waals surface area contributed by atoms with Crippen molar-refractivity contribution in [2.24, 2.45) is 0 Å². The Balaban J connectivity index is 2.09. The third kappa shape index (κ3) is 2.55. The van der Waals surface area contributed by atoms with Crippen LogP contribution in [0.2, 0.25) is 0 Å². The maximum absolute atomic E-state index is 13.9. The van der Waals surface area contributed by atoms with Gasteiger partial charge in [0, 0.05) is 22.4 Å². The summed E-state index contributed by atoms with van der Waals surface area (Å²) in [5.74, 6) is -0.607. The van der Waals surface area contributed by atoms with Gasteiger partial charge in [-0.3, -0.25) is 4.98 Å². The highest BCUT2D eigenvalue weighted by Gasteiger charge is 2.11. The zero-order chi connectivity index (χ0) is 14.8. The topological polar surface area (TPSA) is 12.9 Å². The zero-order valence-electron chi connectivity index (χ0n) is 11.5. The second kappa shape index (κ2) is 5.44. The Morgan fingerprint density at radius 1 is 0.667 bits per heavy atom. The molecule has 0 saturated heterocycles. The lowest BCUT2D eigenvalue weighted by atomic mass is 10.0. The van der Waals surface area contributed by atoms with E-state index < -0.39 is 0 Å². The molecule has 1 nitrogen and oxygen atoms in total. The standard InChI is InChI=1S/C18H13F2N/c1-12-13(14-6-2-4-8-16(14)19)10-11-18(21-12)15-7-3-5-9-17(15)20/h2-11H,1H3. The number of pyridine rings is 1. The van der Waals surface area contributed by atoms with Gasteiger partial charge in [0.25, 0.3) is 0 Å². The molecule has 1 aromatic heterocycles. The van der Waals surface area contributed by atoms with Gasteiger partial charge in [-0.05, 0) is 31.2 Å². The molecule has 0 N–H and O–H groups in total. The van der Waals surface area contributed by atoms with Crippen LogP contribution in [0.5, 0.6) is 0 Å². The first-order valence-electron chi connectivity index (χ1n) is 6.64. The molecule has 0 atom stereocenters. The maximum atomic E-state index is 13.9. The summed E-state index contributed by atoms with van der Waals surface area (Å²) in [5.41, 5.74) is 2.88. The molecule has 0 unspecified atom stereocenters. The summed E-state index contributed by atoms with van der Waals surface area (Å²) >= 11 is 0. The number of halogens is 2. The highest BCUT2D eigenvalue weighted by Crippen LogP contribution is 2.28. The average molecular weight is 281 g/mol. The van der Waals surface area contributed by atoms with Crippen molar-refractivity contribution in [2.75, 3.05) is 0 Å². The number of hydrogen-bond donors (Lipinski definition) is 0. The molecule has 0 aliphatic carbocycles. The monoisotopic (exact) mass is 281 g/mol. The predicted octanol–water partition coefficient (Wildman–Crippen LogP) is 5.00. The van der Waals surface area contributed by atoms with Gasteiger partial charge in [-0.15, -0.1) is 0 Å². The molecule has 21 heavy (non-hydrogen) atoms. The lowest BCUT2D eigenvalue weighted by Crippen LogP contribution is -1.94. The largest absolute Gasteiger partial charge is 0.252 e. The molecular weight excluding hydrogens is 268 g/mol. The van der Waals surface area contributed by atoms with Gasteiger partial charge < -0.3 is 0 Å². The summed E-state index contributed by atoms with van der Waals surface area (Å²) in [6.07, 6.45) is 0. The maximum Gasteiger partial charge on any atom is 0.132 e. The molecule has 0 aliphatic heterocycles. The van der Waals surface area contributed by atoms with Crippen molar-refractivity contribution in [3.63, 3.8) is 0 Å². The quantitative estimate of drug-likeness (QED) is 0.644. The molecule has 0 radical (unpaired) electrons. The van der Waals surface area contributed by atoms with Crippen molar-refractivity contribution < 1.29 is 8.78 Å². The normalized spacial score (nSPS) is 10.6. The molecule has 0 bridgehead atoms. The van der Waals surface area contributed by atoms with Crippen molar-refractivity contribution in [2.45, 2.75) is 6.92 Å². The van der Waals surface area contributed by atoms with Crippen LogP contribution in [0, 0.1) is 18.6 Å². The second-order valence-electron chi connectivity index (χ2n) is 4.79. The number of aryl methyl sites for hydroxylation is 1. The summed E-state index contributed by atoms with van der Waals surface area (Å²) in [6.45, 7) is 1.80. The number of rotatable bonds is 2. The summed E-state index contributed by atoms with van der Waals surface area (Å²) in [6, 6.07) is 16.5. The first-order chi connectivity index (χ1) is 10.2. The van der Waals surface area contributed by atoms with E-state index in [0.717, 1.165) is 0 Å². The number of benzene rings is 2. The van der Waals surface area contributed by atoms with Gasteiger partial charge in [-0.1, -0.05) is 36.4 Å². The number of aromatic nitrogens is 1. The smallest absolute Gasteiger partial charge is 0.132 e. The van der Waals surface area contributed by atoms with Gasteiger partial charge in [0.05, 0.1) is 5.69 Å². The van der Waals surface area contributed by atoms with Gasteiger partial charge >= 0.3 is 0 Å². The van der Waals surface area contributed by atoms with Crippen molar-refractivity contribution in [3.05, 3.63) is 78.0 Å². The first-order valence-corrected chi connectivity index (χ1v) is 6.64. The summed E-state index contributed by atoms with van der Waals surface area (Å²) in [7, 11) is 0. The van der Waals surface area contributed by atoms with E-state index in [0.29, 0.717) is 28.1 Å². The van der Waals surface area contributed by atoms with E-state index in [1.807, 2.05) is 0 Å². The fourth-order valence-electron chi connectivity index (χ4n) is 2.34. The van der Waals surface area contributed by atoms with E-state index in [4.69, 9.17) is 0 Å². The summed E-state index contributed by atoms with van der Waals surface area (Å²) in [5, 5.41) is 0. The zero-order valence-corrected chi connectivity index (χ0v) is 11.5. The molecule has 3 aromatic rings. The van der Waals surface area contributed by atoms with Crippen molar-refractivity contribution in [3.8, 4) is 22.4 Å². The Hall–Kier alpha value is -2.55. The minimum atomic E-state index is -0.317. The fourth-order valence-corrected chi connectivity index (χ4v) is 2.34. The van der Waals surface area contributed by atoms with E-state index in [2.05, 4.69) is 4.98 Å². The Labute approximate surface area is 121 Å². The molecule has 1 heterocycles. The molecule has 3 rings (SSSR count). The van der Waals surface area contributed by atoms with Crippen LogP contribution in [0.15, 0.2) is 60.7 Å². The third-order valence-corrected chi connectivity index (χ3v) is 3.40. The molecule has 104 valence electrons. The Kier molecular flexibility index (Phi) is 3.48. The van der Waals surface area contributed by atoms with Crippen molar-refractivity contribution >= 4 is 0 Å². The molecular formula is C18H13F2N. The van der Waals surface area contributed by atoms with Crippen LogP contribution in [-0.4, -0.2) is 4.98 Å². The fraction of sp³-hybridized carbons (Fsp3) is 0.0556.